The number of amides is 2. The molecule has 0 aliphatic carbocycles. The number of benzene rings is 1. The molecule has 0 saturated heterocycles. The van der Waals surface area contributed by atoms with E-state index in [1.165, 1.54) is 0 Å². The lowest BCUT2D eigenvalue weighted by Gasteiger charge is -2.10. The molecule has 0 spiro atoms. The van der Waals surface area contributed by atoms with Crippen molar-refractivity contribution in [2.75, 3.05) is 10.6 Å². The Morgan fingerprint density at radius 1 is 1.26 bits per heavy atom. The van der Waals surface area contributed by atoms with Gasteiger partial charge in [-0.1, -0.05) is 6.07 Å². The number of aryl methyl sites for hydroxylation is 1. The molecule has 3 rings (SSSR count). The van der Waals surface area contributed by atoms with Gasteiger partial charge in [-0.05, 0) is 30.7 Å². The van der Waals surface area contributed by atoms with Gasteiger partial charge in [0.05, 0.1) is 17.3 Å². The van der Waals surface area contributed by atoms with Crippen LogP contribution in [0.2, 0.25) is 0 Å². The van der Waals surface area contributed by atoms with Crippen LogP contribution >= 0.6 is 0 Å². The minimum absolute atomic E-state index is 0.354. The number of aromatic nitrogens is 1. The molecule has 0 saturated carbocycles. The number of anilines is 2. The number of rotatable bonds is 0. The average molecular weight is 250 g/mol. The molecule has 2 amide bonds. The molecule has 1 aliphatic rings. The summed E-state index contributed by atoms with van der Waals surface area (Å²) in [5.41, 5.74) is 3.87. The van der Waals surface area contributed by atoms with Gasteiger partial charge in [-0.2, -0.15) is 5.26 Å². The third-order valence-electron chi connectivity index (χ3n) is 3.06. The lowest BCUT2D eigenvalue weighted by Crippen LogP contribution is -2.18. The van der Waals surface area contributed by atoms with Gasteiger partial charge in [0.1, 0.15) is 5.82 Å². The highest BCUT2D eigenvalue weighted by Gasteiger charge is 2.20. The van der Waals surface area contributed by atoms with Crippen LogP contribution in [0.15, 0.2) is 30.5 Å². The molecule has 0 radical (unpaired) electrons. The first-order valence-electron chi connectivity index (χ1n) is 5.77. The smallest absolute Gasteiger partial charge is 0.307 e. The van der Waals surface area contributed by atoms with Crippen LogP contribution in [0.1, 0.15) is 11.1 Å². The first kappa shape index (κ1) is 11.2. The summed E-state index contributed by atoms with van der Waals surface area (Å²) < 4.78 is 0. The van der Waals surface area contributed by atoms with Gasteiger partial charge in [0.15, 0.2) is 0 Å². The van der Waals surface area contributed by atoms with Crippen molar-refractivity contribution in [3.63, 3.8) is 0 Å². The number of urea groups is 1. The molecule has 1 aromatic heterocycles. The summed E-state index contributed by atoms with van der Waals surface area (Å²) in [7, 11) is 0. The maximum absolute atomic E-state index is 11.8. The van der Waals surface area contributed by atoms with E-state index in [0.717, 1.165) is 16.7 Å². The van der Waals surface area contributed by atoms with Crippen molar-refractivity contribution in [1.82, 2.24) is 4.98 Å². The molecule has 5 heteroatoms. The first-order chi connectivity index (χ1) is 9.19. The zero-order valence-electron chi connectivity index (χ0n) is 10.2. The van der Waals surface area contributed by atoms with Gasteiger partial charge in [0.25, 0.3) is 0 Å². The summed E-state index contributed by atoms with van der Waals surface area (Å²) in [4.78, 5) is 16.0. The quantitative estimate of drug-likeness (QED) is 0.754. The number of nitrogens with zero attached hydrogens (tertiary/aromatic N) is 2. The van der Waals surface area contributed by atoms with Crippen LogP contribution in [0.4, 0.5) is 16.3 Å². The van der Waals surface area contributed by atoms with Crippen molar-refractivity contribution >= 4 is 17.5 Å². The van der Waals surface area contributed by atoms with Gasteiger partial charge in [-0.25, -0.2) is 9.78 Å². The second-order valence-electron chi connectivity index (χ2n) is 4.30. The van der Waals surface area contributed by atoms with E-state index in [4.69, 9.17) is 5.26 Å². The number of fused-ring (bicyclic) bond motifs is 3. The molecule has 0 bridgehead atoms. The highest BCUT2D eigenvalue weighted by molar-refractivity contribution is 6.08. The average Bonchev–Trinajstić information content (AvgIpc) is 2.53. The SMILES string of the molecule is Cc1ccnc2c1-c1ccc(C#N)cc1NC(=O)N2. The zero-order valence-corrected chi connectivity index (χ0v) is 10.2. The van der Waals surface area contributed by atoms with Crippen molar-refractivity contribution in [3.8, 4) is 17.2 Å². The molecule has 5 nitrogen and oxygen atoms in total. The fourth-order valence-corrected chi connectivity index (χ4v) is 2.19. The molecule has 2 heterocycles. The van der Waals surface area contributed by atoms with Gasteiger partial charge in [0, 0.05) is 17.3 Å². The second kappa shape index (κ2) is 4.10. The molecule has 0 unspecified atom stereocenters. The Labute approximate surface area is 109 Å². The molecule has 2 N–H and O–H groups in total. The summed E-state index contributed by atoms with van der Waals surface area (Å²) >= 11 is 0. The number of nitriles is 1. The lowest BCUT2D eigenvalue weighted by molar-refractivity contribution is 0.262. The van der Waals surface area contributed by atoms with E-state index in [1.54, 1.807) is 18.3 Å². The molecule has 1 aromatic carbocycles. The molecule has 0 atom stereocenters. The van der Waals surface area contributed by atoms with Crippen molar-refractivity contribution < 1.29 is 4.79 Å². The van der Waals surface area contributed by atoms with E-state index >= 15 is 0 Å². The van der Waals surface area contributed by atoms with Crippen molar-refractivity contribution in [3.05, 3.63) is 41.6 Å². The summed E-state index contributed by atoms with van der Waals surface area (Å²) in [6.45, 7) is 1.96. The fourth-order valence-electron chi connectivity index (χ4n) is 2.19. The van der Waals surface area contributed by atoms with E-state index in [0.29, 0.717) is 17.1 Å². The summed E-state index contributed by atoms with van der Waals surface area (Å²) in [5.74, 6) is 0.529. The number of carbonyl (C=O) groups excluding carboxylic acids is 1. The topological polar surface area (TPSA) is 77.8 Å². The Balaban J connectivity index is 2.32. The van der Waals surface area contributed by atoms with Crippen LogP contribution in [-0.4, -0.2) is 11.0 Å². The maximum atomic E-state index is 11.8. The van der Waals surface area contributed by atoms with Gasteiger partial charge < -0.3 is 5.32 Å². The highest BCUT2D eigenvalue weighted by atomic mass is 16.2. The third kappa shape index (κ3) is 1.79. The van der Waals surface area contributed by atoms with Crippen molar-refractivity contribution in [1.29, 1.82) is 5.26 Å². The van der Waals surface area contributed by atoms with Gasteiger partial charge in [-0.3, -0.25) is 5.32 Å². The normalized spacial score (nSPS) is 12.3. The Kier molecular flexibility index (Phi) is 2.43. The summed E-state index contributed by atoms with van der Waals surface area (Å²) in [6.07, 6.45) is 1.66. The van der Waals surface area contributed by atoms with Gasteiger partial charge >= 0.3 is 6.03 Å². The number of carbonyl (C=O) groups is 1. The lowest BCUT2D eigenvalue weighted by atomic mass is 9.99. The monoisotopic (exact) mass is 250 g/mol. The molecular formula is C14H10N4O. The predicted octanol–water partition coefficient (Wildman–Crippen LogP) is 2.89. The van der Waals surface area contributed by atoms with E-state index in [9.17, 15) is 4.79 Å². The standard InChI is InChI=1S/C14H10N4O/c1-8-4-5-16-13-12(8)10-3-2-9(7-15)6-11(10)17-14(19)18-13/h2-6H,1H3,(H2,16,17,18,19). The van der Waals surface area contributed by atoms with Crippen LogP contribution in [-0.2, 0) is 0 Å². The minimum atomic E-state index is -0.354. The number of hydrogen-bond donors (Lipinski definition) is 2. The van der Waals surface area contributed by atoms with Gasteiger partial charge in [-0.15, -0.1) is 0 Å². The summed E-state index contributed by atoms with van der Waals surface area (Å²) in [5, 5.41) is 14.4. The van der Waals surface area contributed by atoms with Crippen LogP contribution in [0.5, 0.6) is 0 Å². The molecule has 2 aromatic rings. The minimum Gasteiger partial charge on any atom is -0.307 e. The molecule has 0 fully saturated rings. The second-order valence-corrected chi connectivity index (χ2v) is 4.30. The summed E-state index contributed by atoms with van der Waals surface area (Å²) in [6, 6.07) is 8.82. The Morgan fingerprint density at radius 3 is 2.89 bits per heavy atom. The van der Waals surface area contributed by atoms with E-state index in [1.807, 2.05) is 19.1 Å². The fraction of sp³-hybridized carbons (Fsp3) is 0.0714. The number of pyridine rings is 1. The Hall–Kier alpha value is -2.87. The zero-order chi connectivity index (χ0) is 13.4. The molecular weight excluding hydrogens is 240 g/mol. The van der Waals surface area contributed by atoms with E-state index in [-0.39, 0.29) is 6.03 Å². The highest BCUT2D eigenvalue weighted by Crippen LogP contribution is 2.37. The van der Waals surface area contributed by atoms with Crippen LogP contribution < -0.4 is 10.6 Å². The third-order valence-corrected chi connectivity index (χ3v) is 3.06. The molecule has 1 aliphatic heterocycles. The van der Waals surface area contributed by atoms with E-state index < -0.39 is 0 Å². The molecule has 92 valence electrons. The van der Waals surface area contributed by atoms with Crippen LogP contribution in [0.25, 0.3) is 11.1 Å². The van der Waals surface area contributed by atoms with Crippen LogP contribution in [0, 0.1) is 18.3 Å². The van der Waals surface area contributed by atoms with Crippen molar-refractivity contribution in [2.45, 2.75) is 6.92 Å². The van der Waals surface area contributed by atoms with Crippen LogP contribution in [0.3, 0.4) is 0 Å². The number of hydrogen-bond acceptors (Lipinski definition) is 3. The van der Waals surface area contributed by atoms with Gasteiger partial charge in [0.2, 0.25) is 0 Å². The first-order valence-corrected chi connectivity index (χ1v) is 5.77. The Bertz CT molecular complexity index is 731. The Morgan fingerprint density at radius 2 is 2.11 bits per heavy atom. The predicted molar refractivity (Wildman–Crippen MR) is 71.8 cm³/mol. The van der Waals surface area contributed by atoms with Crippen molar-refractivity contribution in [2.24, 2.45) is 0 Å². The number of nitrogens with one attached hydrogen (secondary N) is 2. The maximum Gasteiger partial charge on any atom is 0.324 e. The largest absolute Gasteiger partial charge is 0.324 e. The van der Waals surface area contributed by atoms with E-state index in [2.05, 4.69) is 21.7 Å². The molecule has 19 heavy (non-hydrogen) atoms.